The number of carbonyl (C=O) groups excluding carboxylic acids is 1. The van der Waals surface area contributed by atoms with Crippen LogP contribution in [0.25, 0.3) is 0 Å². The monoisotopic (exact) mass is 301 g/mol. The first-order chi connectivity index (χ1) is 10.5. The van der Waals surface area contributed by atoms with Crippen LogP contribution in [0.4, 0.5) is 0 Å². The summed E-state index contributed by atoms with van der Waals surface area (Å²) >= 11 is 0. The van der Waals surface area contributed by atoms with Gasteiger partial charge in [-0.05, 0) is 37.0 Å². The lowest BCUT2D eigenvalue weighted by molar-refractivity contribution is 0.0939. The van der Waals surface area contributed by atoms with Crippen LogP contribution in [-0.4, -0.2) is 33.2 Å². The second-order valence-electron chi connectivity index (χ2n) is 5.83. The van der Waals surface area contributed by atoms with Gasteiger partial charge in [-0.3, -0.25) is 4.79 Å². The fourth-order valence-corrected chi connectivity index (χ4v) is 2.39. The molecule has 5 heteroatoms. The Balaban J connectivity index is 1.85. The van der Waals surface area contributed by atoms with E-state index in [1.165, 1.54) is 0 Å². The lowest BCUT2D eigenvalue weighted by atomic mass is 10.0. The van der Waals surface area contributed by atoms with Crippen molar-refractivity contribution in [2.75, 3.05) is 6.54 Å². The summed E-state index contributed by atoms with van der Waals surface area (Å²) in [5, 5.41) is 12.2. The highest BCUT2D eigenvalue weighted by molar-refractivity contribution is 5.94. The van der Waals surface area contributed by atoms with E-state index in [0.29, 0.717) is 18.5 Å². The third-order valence-corrected chi connectivity index (χ3v) is 3.50. The number of imidazole rings is 1. The minimum atomic E-state index is -0.339. The van der Waals surface area contributed by atoms with Gasteiger partial charge in [-0.15, -0.1) is 0 Å². The molecule has 1 heterocycles. The van der Waals surface area contributed by atoms with E-state index in [-0.39, 0.29) is 17.9 Å². The van der Waals surface area contributed by atoms with E-state index in [2.05, 4.69) is 10.3 Å². The molecule has 0 fully saturated rings. The highest BCUT2D eigenvalue weighted by atomic mass is 16.3. The van der Waals surface area contributed by atoms with Gasteiger partial charge >= 0.3 is 0 Å². The van der Waals surface area contributed by atoms with Gasteiger partial charge < -0.3 is 15.0 Å². The van der Waals surface area contributed by atoms with Crippen molar-refractivity contribution < 1.29 is 9.90 Å². The van der Waals surface area contributed by atoms with Crippen LogP contribution in [0.5, 0.6) is 0 Å². The third kappa shape index (κ3) is 5.00. The number of hydrogen-bond donors (Lipinski definition) is 2. The van der Waals surface area contributed by atoms with Gasteiger partial charge in [0.2, 0.25) is 0 Å². The maximum Gasteiger partial charge on any atom is 0.251 e. The maximum atomic E-state index is 12.1. The fourth-order valence-electron chi connectivity index (χ4n) is 2.39. The Morgan fingerprint density at radius 1 is 1.32 bits per heavy atom. The molecule has 2 aromatic rings. The predicted octanol–water partition coefficient (Wildman–Crippen LogP) is 2.07. The van der Waals surface area contributed by atoms with E-state index in [0.717, 1.165) is 12.1 Å². The second-order valence-corrected chi connectivity index (χ2v) is 5.83. The van der Waals surface area contributed by atoms with Crippen molar-refractivity contribution in [2.45, 2.75) is 32.9 Å². The van der Waals surface area contributed by atoms with Crippen LogP contribution < -0.4 is 5.32 Å². The zero-order valence-corrected chi connectivity index (χ0v) is 13.1. The molecule has 0 aliphatic rings. The Kier molecular flexibility index (Phi) is 5.72. The molecule has 0 aliphatic heterocycles. The minimum absolute atomic E-state index is 0.0772. The maximum absolute atomic E-state index is 12.1. The van der Waals surface area contributed by atoms with Crippen molar-refractivity contribution in [3.05, 3.63) is 54.1 Å². The number of aliphatic hydroxyl groups is 1. The number of nitrogens with one attached hydrogen (secondary N) is 1. The number of benzene rings is 1. The minimum Gasteiger partial charge on any atom is -0.393 e. The molecule has 2 atom stereocenters. The first-order valence-corrected chi connectivity index (χ1v) is 7.55. The molecule has 1 aromatic heterocycles. The number of aliphatic hydroxyl groups excluding tert-OH is 1. The van der Waals surface area contributed by atoms with Crippen LogP contribution in [-0.2, 0) is 6.54 Å². The fraction of sp³-hybridized carbons (Fsp3) is 0.412. The molecule has 1 amide bonds. The van der Waals surface area contributed by atoms with Crippen molar-refractivity contribution in [1.82, 2.24) is 14.9 Å². The molecule has 2 rings (SSSR count). The highest BCUT2D eigenvalue weighted by Crippen LogP contribution is 2.08. The Hall–Kier alpha value is -2.14. The lowest BCUT2D eigenvalue weighted by Crippen LogP contribution is -2.29. The Bertz CT molecular complexity index is 576. The lowest BCUT2D eigenvalue weighted by Gasteiger charge is -2.14. The van der Waals surface area contributed by atoms with Gasteiger partial charge in [-0.1, -0.05) is 19.1 Å². The van der Waals surface area contributed by atoms with Gasteiger partial charge in [0.1, 0.15) is 0 Å². The van der Waals surface area contributed by atoms with Gasteiger partial charge in [0, 0.05) is 31.0 Å². The van der Waals surface area contributed by atoms with Crippen LogP contribution in [0.3, 0.4) is 0 Å². The summed E-state index contributed by atoms with van der Waals surface area (Å²) in [6.07, 6.45) is 5.77. The van der Waals surface area contributed by atoms with E-state index in [1.807, 2.05) is 42.0 Å². The van der Waals surface area contributed by atoms with Crippen molar-refractivity contribution in [3.63, 3.8) is 0 Å². The summed E-state index contributed by atoms with van der Waals surface area (Å²) in [7, 11) is 0. The normalized spacial score (nSPS) is 13.6. The SMILES string of the molecule is CC(O)CC(C)CNC(=O)c1ccc(Cn2ccnc2)cc1. The van der Waals surface area contributed by atoms with Gasteiger partial charge in [0.05, 0.1) is 12.4 Å². The number of carbonyl (C=O) groups is 1. The topological polar surface area (TPSA) is 67.2 Å². The highest BCUT2D eigenvalue weighted by Gasteiger charge is 2.10. The average Bonchev–Trinajstić information content (AvgIpc) is 2.98. The molecular formula is C17H23N3O2. The summed E-state index contributed by atoms with van der Waals surface area (Å²) in [6, 6.07) is 7.57. The van der Waals surface area contributed by atoms with Crippen LogP contribution in [0.15, 0.2) is 43.0 Å². The molecule has 0 bridgehead atoms. The van der Waals surface area contributed by atoms with Gasteiger partial charge in [-0.2, -0.15) is 0 Å². The second kappa shape index (κ2) is 7.75. The third-order valence-electron chi connectivity index (χ3n) is 3.50. The molecule has 0 saturated heterocycles. The molecule has 1 aromatic carbocycles. The van der Waals surface area contributed by atoms with Gasteiger partial charge in [-0.25, -0.2) is 4.98 Å². The first-order valence-electron chi connectivity index (χ1n) is 7.55. The Morgan fingerprint density at radius 3 is 2.64 bits per heavy atom. The van der Waals surface area contributed by atoms with Gasteiger partial charge in [0.25, 0.3) is 5.91 Å². The molecule has 118 valence electrons. The number of aromatic nitrogens is 2. The van der Waals surface area contributed by atoms with E-state index in [1.54, 1.807) is 19.4 Å². The number of hydrogen-bond acceptors (Lipinski definition) is 3. The molecule has 22 heavy (non-hydrogen) atoms. The van der Waals surface area contributed by atoms with Crippen LogP contribution in [0.2, 0.25) is 0 Å². The van der Waals surface area contributed by atoms with E-state index >= 15 is 0 Å². The summed E-state index contributed by atoms with van der Waals surface area (Å²) in [6.45, 7) is 5.09. The number of nitrogens with zero attached hydrogens (tertiary/aromatic N) is 2. The van der Waals surface area contributed by atoms with Gasteiger partial charge in [0.15, 0.2) is 0 Å². The predicted molar refractivity (Wildman–Crippen MR) is 85.6 cm³/mol. The smallest absolute Gasteiger partial charge is 0.251 e. The number of rotatable bonds is 7. The number of amides is 1. The molecule has 2 unspecified atom stereocenters. The first kappa shape index (κ1) is 16.2. The Labute approximate surface area is 131 Å². The largest absolute Gasteiger partial charge is 0.393 e. The van der Waals surface area contributed by atoms with Crippen LogP contribution in [0.1, 0.15) is 36.2 Å². The summed E-state index contributed by atoms with van der Waals surface area (Å²) < 4.78 is 1.98. The van der Waals surface area contributed by atoms with E-state index in [9.17, 15) is 9.90 Å². The standard InChI is InChI=1S/C17H23N3O2/c1-13(9-14(2)21)10-19-17(22)16-5-3-15(4-6-16)11-20-8-7-18-12-20/h3-8,12-14,21H,9-11H2,1-2H3,(H,19,22). The molecule has 0 aliphatic carbocycles. The molecular weight excluding hydrogens is 278 g/mol. The quantitative estimate of drug-likeness (QED) is 0.822. The summed E-state index contributed by atoms with van der Waals surface area (Å²) in [5.41, 5.74) is 1.77. The molecule has 0 spiro atoms. The zero-order valence-electron chi connectivity index (χ0n) is 13.1. The summed E-state index contributed by atoms with van der Waals surface area (Å²) in [5.74, 6) is 0.177. The van der Waals surface area contributed by atoms with Crippen molar-refractivity contribution in [3.8, 4) is 0 Å². The molecule has 0 saturated carbocycles. The van der Waals surface area contributed by atoms with Crippen LogP contribution in [0, 0.1) is 5.92 Å². The van der Waals surface area contributed by atoms with Crippen molar-refractivity contribution in [1.29, 1.82) is 0 Å². The molecule has 2 N–H and O–H groups in total. The van der Waals surface area contributed by atoms with E-state index in [4.69, 9.17) is 0 Å². The Morgan fingerprint density at radius 2 is 2.05 bits per heavy atom. The van der Waals surface area contributed by atoms with Crippen molar-refractivity contribution >= 4 is 5.91 Å². The average molecular weight is 301 g/mol. The van der Waals surface area contributed by atoms with Crippen molar-refractivity contribution in [2.24, 2.45) is 5.92 Å². The summed E-state index contributed by atoms with van der Waals surface area (Å²) in [4.78, 5) is 16.1. The molecule has 5 nitrogen and oxygen atoms in total. The van der Waals surface area contributed by atoms with E-state index < -0.39 is 0 Å². The molecule has 0 radical (unpaired) electrons. The zero-order chi connectivity index (χ0) is 15.9. The van der Waals surface area contributed by atoms with Crippen LogP contribution >= 0.6 is 0 Å².